The third-order valence-electron chi connectivity index (χ3n) is 4.10. The maximum atomic E-state index is 5.45. The summed E-state index contributed by atoms with van der Waals surface area (Å²) >= 11 is 0. The molecule has 0 amide bonds. The van der Waals surface area contributed by atoms with Crippen molar-refractivity contribution in [2.24, 2.45) is 0 Å². The molecule has 3 rings (SSSR count). The Hall–Kier alpha value is -2.16. The molecule has 21 heavy (non-hydrogen) atoms. The van der Waals surface area contributed by atoms with Gasteiger partial charge in [0, 0.05) is 11.7 Å². The van der Waals surface area contributed by atoms with E-state index in [0.29, 0.717) is 12.1 Å². The lowest BCUT2D eigenvalue weighted by Crippen LogP contribution is -2.29. The highest BCUT2D eigenvalue weighted by atomic mass is 16.5. The topological polar surface area (TPSA) is 33.3 Å². The molecule has 110 valence electrons. The summed E-state index contributed by atoms with van der Waals surface area (Å²) in [4.78, 5) is 0. The fraction of sp³-hybridized carbons (Fsp3) is 0.333. The largest absolute Gasteiger partial charge is 0.495 e. The van der Waals surface area contributed by atoms with Crippen molar-refractivity contribution in [3.8, 4) is 5.75 Å². The van der Waals surface area contributed by atoms with Gasteiger partial charge in [-0.25, -0.2) is 0 Å². The van der Waals surface area contributed by atoms with Gasteiger partial charge in [0.1, 0.15) is 5.75 Å². The Morgan fingerprint density at radius 2 is 1.95 bits per heavy atom. The van der Waals surface area contributed by atoms with E-state index < -0.39 is 0 Å². The number of anilines is 2. The van der Waals surface area contributed by atoms with Gasteiger partial charge in [0.25, 0.3) is 0 Å². The molecule has 0 fully saturated rings. The van der Waals surface area contributed by atoms with Crippen LogP contribution in [-0.2, 0) is 0 Å². The van der Waals surface area contributed by atoms with Crippen molar-refractivity contribution in [2.75, 3.05) is 17.7 Å². The van der Waals surface area contributed by atoms with E-state index in [1.807, 2.05) is 18.2 Å². The summed E-state index contributed by atoms with van der Waals surface area (Å²) in [5.74, 6) is 0.887. The first kappa shape index (κ1) is 13.8. The minimum atomic E-state index is 0.299. The maximum absolute atomic E-state index is 5.45. The number of ether oxygens (including phenoxy) is 1. The van der Waals surface area contributed by atoms with Gasteiger partial charge >= 0.3 is 0 Å². The predicted molar refractivity (Wildman–Crippen MR) is 88.2 cm³/mol. The van der Waals surface area contributed by atoms with Crippen molar-refractivity contribution in [1.29, 1.82) is 0 Å². The monoisotopic (exact) mass is 282 g/mol. The van der Waals surface area contributed by atoms with E-state index in [9.17, 15) is 0 Å². The summed E-state index contributed by atoms with van der Waals surface area (Å²) < 4.78 is 5.45. The summed E-state index contributed by atoms with van der Waals surface area (Å²) in [6.45, 7) is 4.39. The molecule has 2 atom stereocenters. The minimum Gasteiger partial charge on any atom is -0.495 e. The quantitative estimate of drug-likeness (QED) is 0.877. The van der Waals surface area contributed by atoms with Crippen molar-refractivity contribution in [1.82, 2.24) is 0 Å². The Bertz CT molecular complexity index is 639. The molecule has 0 aromatic heterocycles. The highest BCUT2D eigenvalue weighted by Gasteiger charge is 2.25. The van der Waals surface area contributed by atoms with Crippen molar-refractivity contribution in [3.63, 3.8) is 0 Å². The van der Waals surface area contributed by atoms with E-state index in [0.717, 1.165) is 17.9 Å². The molecule has 0 unspecified atom stereocenters. The van der Waals surface area contributed by atoms with Crippen molar-refractivity contribution < 1.29 is 4.74 Å². The molecule has 3 heteroatoms. The van der Waals surface area contributed by atoms with E-state index in [1.165, 1.54) is 16.8 Å². The van der Waals surface area contributed by atoms with Gasteiger partial charge < -0.3 is 15.4 Å². The summed E-state index contributed by atoms with van der Waals surface area (Å²) in [7, 11) is 1.71. The first-order chi connectivity index (χ1) is 10.2. The number of aryl methyl sites for hydroxylation is 1. The molecule has 2 N–H and O–H groups in total. The molecular formula is C18H22N2O. The molecule has 2 aromatic rings. The zero-order valence-corrected chi connectivity index (χ0v) is 12.8. The molecule has 0 bridgehead atoms. The van der Waals surface area contributed by atoms with E-state index in [2.05, 4.69) is 48.7 Å². The standard InChI is InChI=1S/C18H22N2O/c1-12-7-6-8-14-16(11-13(2)19-18(12)14)20-15-9-4-5-10-17(15)21-3/h4-10,13,16,19-20H,11H2,1-3H3/t13-,16-/m0/s1. The first-order valence-corrected chi connectivity index (χ1v) is 7.44. The number of para-hydroxylation sites is 3. The molecule has 0 saturated carbocycles. The maximum Gasteiger partial charge on any atom is 0.141 e. The third kappa shape index (κ3) is 2.68. The number of fused-ring (bicyclic) bond motifs is 1. The summed E-state index contributed by atoms with van der Waals surface area (Å²) in [6, 6.07) is 15.3. The van der Waals surface area contributed by atoms with Crippen LogP contribution in [0, 0.1) is 6.92 Å². The van der Waals surface area contributed by atoms with Gasteiger partial charge in [0.2, 0.25) is 0 Å². The number of nitrogens with one attached hydrogen (secondary N) is 2. The van der Waals surface area contributed by atoms with Crippen LogP contribution in [0.2, 0.25) is 0 Å². The SMILES string of the molecule is COc1ccccc1N[C@H]1C[C@H](C)Nc2c(C)cccc21. The Kier molecular flexibility index (Phi) is 3.74. The van der Waals surface area contributed by atoms with Gasteiger partial charge in [-0.05, 0) is 43.5 Å². The van der Waals surface area contributed by atoms with Crippen molar-refractivity contribution >= 4 is 11.4 Å². The first-order valence-electron chi connectivity index (χ1n) is 7.44. The van der Waals surface area contributed by atoms with Crippen LogP contribution in [0.25, 0.3) is 0 Å². The molecule has 3 nitrogen and oxygen atoms in total. The minimum absolute atomic E-state index is 0.299. The van der Waals surface area contributed by atoms with Crippen LogP contribution in [0.4, 0.5) is 11.4 Å². The number of benzene rings is 2. The Morgan fingerprint density at radius 1 is 1.14 bits per heavy atom. The fourth-order valence-corrected chi connectivity index (χ4v) is 3.05. The Morgan fingerprint density at radius 3 is 2.76 bits per heavy atom. The van der Waals surface area contributed by atoms with Gasteiger partial charge in [-0.1, -0.05) is 30.3 Å². The van der Waals surface area contributed by atoms with Crippen molar-refractivity contribution in [2.45, 2.75) is 32.4 Å². The van der Waals surface area contributed by atoms with Gasteiger partial charge in [0.05, 0.1) is 18.8 Å². The molecule has 1 heterocycles. The highest BCUT2D eigenvalue weighted by molar-refractivity contribution is 5.64. The molecule has 0 radical (unpaired) electrons. The van der Waals surface area contributed by atoms with Gasteiger partial charge in [-0.3, -0.25) is 0 Å². The molecular weight excluding hydrogens is 260 g/mol. The average molecular weight is 282 g/mol. The van der Waals surface area contributed by atoms with E-state index in [-0.39, 0.29) is 0 Å². The van der Waals surface area contributed by atoms with E-state index >= 15 is 0 Å². The molecule has 0 aliphatic carbocycles. The van der Waals surface area contributed by atoms with Gasteiger partial charge in [-0.15, -0.1) is 0 Å². The van der Waals surface area contributed by atoms with E-state index in [1.54, 1.807) is 7.11 Å². The van der Waals surface area contributed by atoms with Crippen LogP contribution in [0.1, 0.15) is 30.5 Å². The van der Waals surface area contributed by atoms with Gasteiger partial charge in [0.15, 0.2) is 0 Å². The lowest BCUT2D eigenvalue weighted by molar-refractivity contribution is 0.415. The van der Waals surface area contributed by atoms with Crippen LogP contribution in [-0.4, -0.2) is 13.2 Å². The number of hydrogen-bond donors (Lipinski definition) is 2. The second kappa shape index (κ2) is 5.68. The lowest BCUT2D eigenvalue weighted by Gasteiger charge is -2.33. The second-order valence-corrected chi connectivity index (χ2v) is 5.72. The summed E-state index contributed by atoms with van der Waals surface area (Å²) in [5.41, 5.74) is 4.94. The number of methoxy groups -OCH3 is 1. The summed E-state index contributed by atoms with van der Waals surface area (Å²) in [6.07, 6.45) is 1.05. The van der Waals surface area contributed by atoms with Crippen LogP contribution in [0.15, 0.2) is 42.5 Å². The smallest absolute Gasteiger partial charge is 0.141 e. The summed E-state index contributed by atoms with van der Waals surface area (Å²) in [5, 5.41) is 7.25. The molecule has 0 saturated heterocycles. The Labute approximate surface area is 126 Å². The Balaban J connectivity index is 1.95. The molecule has 1 aliphatic rings. The normalized spacial score (nSPS) is 20.3. The van der Waals surface area contributed by atoms with Crippen LogP contribution in [0.5, 0.6) is 5.75 Å². The zero-order chi connectivity index (χ0) is 14.8. The van der Waals surface area contributed by atoms with Crippen molar-refractivity contribution in [3.05, 3.63) is 53.6 Å². The predicted octanol–water partition coefficient (Wildman–Crippen LogP) is 4.36. The molecule has 2 aromatic carbocycles. The average Bonchev–Trinajstić information content (AvgIpc) is 2.49. The fourth-order valence-electron chi connectivity index (χ4n) is 3.05. The van der Waals surface area contributed by atoms with Crippen LogP contribution >= 0.6 is 0 Å². The number of hydrogen-bond acceptors (Lipinski definition) is 3. The molecule has 1 aliphatic heterocycles. The van der Waals surface area contributed by atoms with Gasteiger partial charge in [-0.2, -0.15) is 0 Å². The van der Waals surface area contributed by atoms with E-state index in [4.69, 9.17) is 4.74 Å². The highest BCUT2D eigenvalue weighted by Crippen LogP contribution is 2.38. The second-order valence-electron chi connectivity index (χ2n) is 5.72. The number of rotatable bonds is 3. The van der Waals surface area contributed by atoms with Crippen LogP contribution in [0.3, 0.4) is 0 Å². The lowest BCUT2D eigenvalue weighted by atomic mass is 9.91. The zero-order valence-electron chi connectivity index (χ0n) is 12.8. The third-order valence-corrected chi connectivity index (χ3v) is 4.10. The molecule has 0 spiro atoms. The van der Waals surface area contributed by atoms with Crippen LogP contribution < -0.4 is 15.4 Å².